The third kappa shape index (κ3) is 6.03. The summed E-state index contributed by atoms with van der Waals surface area (Å²) >= 11 is 0. The van der Waals surface area contributed by atoms with Gasteiger partial charge in [-0.1, -0.05) is 101 Å². The van der Waals surface area contributed by atoms with Gasteiger partial charge in [0, 0.05) is 0 Å². The van der Waals surface area contributed by atoms with Crippen molar-refractivity contribution in [2.24, 2.45) is 17.8 Å². The van der Waals surface area contributed by atoms with Crippen LogP contribution in [0.25, 0.3) is 11.1 Å². The molecule has 31 heavy (non-hydrogen) atoms. The lowest BCUT2D eigenvalue weighted by Crippen LogP contribution is -2.25. The standard InChI is InChI=1S/C31H44/c1-3-5-6-7-25-10-14-27(15-11-25)29-18-22-31(23-19-29)30-20-16-28(17-21-30)26-12-8-24(4-2)9-13-26/h8-9,12-13,16-17,20-21,25,27,29,31H,3-7,10-11,14-15,18-19,22-23H2,1-2H3. The molecule has 2 aliphatic rings. The molecule has 0 amide bonds. The molecule has 0 aliphatic heterocycles. The maximum Gasteiger partial charge on any atom is -0.0162 e. The molecule has 2 saturated carbocycles. The van der Waals surface area contributed by atoms with Gasteiger partial charge in [0.1, 0.15) is 0 Å². The first-order valence-electron chi connectivity index (χ1n) is 13.5. The summed E-state index contributed by atoms with van der Waals surface area (Å²) in [7, 11) is 0. The Kier molecular flexibility index (Phi) is 8.28. The van der Waals surface area contributed by atoms with Gasteiger partial charge in [0.15, 0.2) is 0 Å². The van der Waals surface area contributed by atoms with Crippen LogP contribution < -0.4 is 0 Å². The van der Waals surface area contributed by atoms with Crippen LogP contribution in [0.2, 0.25) is 0 Å². The molecule has 2 aromatic rings. The van der Waals surface area contributed by atoms with Crippen LogP contribution in [-0.2, 0) is 6.42 Å². The number of benzene rings is 2. The number of aryl methyl sites for hydroxylation is 1. The number of rotatable bonds is 8. The summed E-state index contributed by atoms with van der Waals surface area (Å²) in [4.78, 5) is 0. The molecule has 0 heterocycles. The molecule has 0 bridgehead atoms. The van der Waals surface area contributed by atoms with Crippen molar-refractivity contribution in [3.8, 4) is 11.1 Å². The van der Waals surface area contributed by atoms with Gasteiger partial charge in [0.2, 0.25) is 0 Å². The molecule has 0 nitrogen and oxygen atoms in total. The predicted molar refractivity (Wildman–Crippen MR) is 136 cm³/mol. The van der Waals surface area contributed by atoms with E-state index < -0.39 is 0 Å². The van der Waals surface area contributed by atoms with Gasteiger partial charge in [-0.25, -0.2) is 0 Å². The molecular formula is C31H44. The minimum atomic E-state index is 0.790. The van der Waals surface area contributed by atoms with E-state index in [-0.39, 0.29) is 0 Å². The van der Waals surface area contributed by atoms with Crippen LogP contribution >= 0.6 is 0 Å². The van der Waals surface area contributed by atoms with E-state index in [1.165, 1.54) is 93.7 Å². The summed E-state index contributed by atoms with van der Waals surface area (Å²) in [6, 6.07) is 18.6. The molecule has 0 heteroatoms. The van der Waals surface area contributed by atoms with E-state index in [9.17, 15) is 0 Å². The molecule has 168 valence electrons. The Balaban J connectivity index is 1.24. The topological polar surface area (TPSA) is 0 Å². The molecule has 4 rings (SSSR count). The molecule has 0 unspecified atom stereocenters. The number of unbranched alkanes of at least 4 members (excludes halogenated alkanes) is 2. The molecule has 0 atom stereocenters. The van der Waals surface area contributed by atoms with E-state index in [1.807, 2.05) is 0 Å². The highest BCUT2D eigenvalue weighted by Crippen LogP contribution is 2.44. The molecule has 2 fully saturated rings. The van der Waals surface area contributed by atoms with Crippen molar-refractivity contribution in [3.05, 3.63) is 59.7 Å². The lowest BCUT2D eigenvalue weighted by Gasteiger charge is -2.38. The minimum Gasteiger partial charge on any atom is -0.0654 e. The van der Waals surface area contributed by atoms with Gasteiger partial charge in [0.05, 0.1) is 0 Å². The Morgan fingerprint density at radius 1 is 0.613 bits per heavy atom. The van der Waals surface area contributed by atoms with Gasteiger partial charge in [-0.15, -0.1) is 0 Å². The van der Waals surface area contributed by atoms with Crippen LogP contribution in [0.4, 0.5) is 0 Å². The first kappa shape index (κ1) is 22.6. The van der Waals surface area contributed by atoms with E-state index in [1.54, 1.807) is 5.56 Å². The maximum absolute atomic E-state index is 2.41. The predicted octanol–water partition coefficient (Wildman–Crippen LogP) is 9.58. The fourth-order valence-electron chi connectivity index (χ4n) is 6.44. The van der Waals surface area contributed by atoms with Crippen LogP contribution in [0.1, 0.15) is 108 Å². The monoisotopic (exact) mass is 416 g/mol. The van der Waals surface area contributed by atoms with Crippen molar-refractivity contribution in [3.63, 3.8) is 0 Å². The Morgan fingerprint density at radius 3 is 1.71 bits per heavy atom. The van der Waals surface area contributed by atoms with Crippen molar-refractivity contribution in [1.29, 1.82) is 0 Å². The van der Waals surface area contributed by atoms with E-state index in [2.05, 4.69) is 62.4 Å². The first-order chi connectivity index (χ1) is 15.3. The molecule has 0 saturated heterocycles. The number of hydrogen-bond acceptors (Lipinski definition) is 0. The third-order valence-corrected chi connectivity index (χ3v) is 8.62. The molecule has 0 N–H and O–H groups in total. The van der Waals surface area contributed by atoms with Crippen molar-refractivity contribution in [2.45, 2.75) is 103 Å². The summed E-state index contributed by atoms with van der Waals surface area (Å²) in [5.41, 5.74) is 5.70. The average Bonchev–Trinajstić information content (AvgIpc) is 2.85. The Morgan fingerprint density at radius 2 is 1.16 bits per heavy atom. The summed E-state index contributed by atoms with van der Waals surface area (Å²) in [6.45, 7) is 4.55. The minimum absolute atomic E-state index is 0.790. The van der Waals surface area contributed by atoms with E-state index in [0.29, 0.717) is 0 Å². The second-order valence-electron chi connectivity index (χ2n) is 10.6. The zero-order chi connectivity index (χ0) is 21.5. The van der Waals surface area contributed by atoms with Crippen LogP contribution in [0.3, 0.4) is 0 Å². The van der Waals surface area contributed by atoms with Crippen LogP contribution in [0.5, 0.6) is 0 Å². The lowest BCUT2D eigenvalue weighted by atomic mass is 9.68. The number of hydrogen-bond donors (Lipinski definition) is 0. The molecule has 2 aromatic carbocycles. The van der Waals surface area contributed by atoms with Gasteiger partial charge in [-0.3, -0.25) is 0 Å². The summed E-state index contributed by atoms with van der Waals surface area (Å²) in [6.07, 6.45) is 18.8. The SMILES string of the molecule is CCCCCC1CCC(C2CCC(c3ccc(-c4ccc(CC)cc4)cc3)CC2)CC1. The third-order valence-electron chi connectivity index (χ3n) is 8.62. The molecule has 0 radical (unpaired) electrons. The Labute approximate surface area is 191 Å². The molecule has 0 aromatic heterocycles. The normalized spacial score (nSPS) is 26.6. The van der Waals surface area contributed by atoms with E-state index >= 15 is 0 Å². The Hall–Kier alpha value is -1.56. The largest absolute Gasteiger partial charge is 0.0654 e. The van der Waals surface area contributed by atoms with Crippen LogP contribution in [-0.4, -0.2) is 0 Å². The second kappa shape index (κ2) is 11.3. The summed E-state index contributed by atoms with van der Waals surface area (Å²) in [5.74, 6) is 3.90. The fourth-order valence-corrected chi connectivity index (χ4v) is 6.44. The smallest absolute Gasteiger partial charge is 0.0162 e. The highest BCUT2D eigenvalue weighted by atomic mass is 14.4. The van der Waals surface area contributed by atoms with Gasteiger partial charge in [-0.2, -0.15) is 0 Å². The van der Waals surface area contributed by atoms with Crippen molar-refractivity contribution in [2.75, 3.05) is 0 Å². The molecular weight excluding hydrogens is 372 g/mol. The van der Waals surface area contributed by atoms with Gasteiger partial charge < -0.3 is 0 Å². The summed E-state index contributed by atoms with van der Waals surface area (Å²) in [5, 5.41) is 0. The van der Waals surface area contributed by atoms with Gasteiger partial charge in [-0.05, 0) is 90.9 Å². The van der Waals surface area contributed by atoms with E-state index in [4.69, 9.17) is 0 Å². The van der Waals surface area contributed by atoms with Crippen molar-refractivity contribution < 1.29 is 0 Å². The average molecular weight is 417 g/mol. The van der Waals surface area contributed by atoms with Crippen molar-refractivity contribution in [1.82, 2.24) is 0 Å². The first-order valence-corrected chi connectivity index (χ1v) is 13.5. The Bertz CT molecular complexity index is 753. The maximum atomic E-state index is 2.41. The van der Waals surface area contributed by atoms with Crippen molar-refractivity contribution >= 4 is 0 Å². The zero-order valence-electron chi connectivity index (χ0n) is 20.1. The lowest BCUT2D eigenvalue weighted by molar-refractivity contribution is 0.155. The highest BCUT2D eigenvalue weighted by molar-refractivity contribution is 5.64. The summed E-state index contributed by atoms with van der Waals surface area (Å²) < 4.78 is 0. The molecule has 0 spiro atoms. The zero-order valence-corrected chi connectivity index (χ0v) is 20.1. The quantitative estimate of drug-likeness (QED) is 0.376. The fraction of sp³-hybridized carbons (Fsp3) is 0.613. The van der Waals surface area contributed by atoms with Gasteiger partial charge in [0.25, 0.3) is 0 Å². The highest BCUT2D eigenvalue weighted by Gasteiger charge is 2.31. The van der Waals surface area contributed by atoms with Gasteiger partial charge >= 0.3 is 0 Å². The van der Waals surface area contributed by atoms with Crippen LogP contribution in [0.15, 0.2) is 48.5 Å². The molecule has 2 aliphatic carbocycles. The van der Waals surface area contributed by atoms with E-state index in [0.717, 1.165) is 30.1 Å². The second-order valence-corrected chi connectivity index (χ2v) is 10.6. The van der Waals surface area contributed by atoms with Crippen LogP contribution in [0, 0.1) is 17.8 Å².